The van der Waals surface area contributed by atoms with Crippen molar-refractivity contribution in [3.05, 3.63) is 35.9 Å². The fraction of sp³-hybridized carbons (Fsp3) is 0.385. The maximum Gasteiger partial charge on any atom is 0.408 e. The Hall–Kier alpha value is -2.08. The number of benzene rings is 1. The lowest BCUT2D eigenvalue weighted by Gasteiger charge is -2.13. The van der Waals surface area contributed by atoms with Crippen molar-refractivity contribution in [2.75, 3.05) is 13.8 Å². The van der Waals surface area contributed by atoms with Crippen LogP contribution in [0.25, 0.3) is 0 Å². The van der Waals surface area contributed by atoms with E-state index < -0.39 is 12.1 Å². The molecule has 19 heavy (non-hydrogen) atoms. The van der Waals surface area contributed by atoms with E-state index in [1.165, 1.54) is 7.11 Å². The van der Waals surface area contributed by atoms with Crippen LogP contribution in [0.2, 0.25) is 0 Å². The minimum absolute atomic E-state index is 0.101. The first-order chi connectivity index (χ1) is 9.13. The van der Waals surface area contributed by atoms with Gasteiger partial charge in [0.05, 0.1) is 0 Å². The predicted octanol–water partition coefficient (Wildman–Crippen LogP) is 1.02. The molecule has 0 bridgehead atoms. The number of rotatable bonds is 6. The molecule has 1 rings (SSSR count). The summed E-state index contributed by atoms with van der Waals surface area (Å²) in [4.78, 5) is 22.9. The minimum Gasteiger partial charge on any atom is -0.445 e. The standard InChI is InChI=1S/C13H18N2O4/c1-10(12(16)14-9-18-2)15-13(17)19-8-11-6-4-3-5-7-11/h3-7,10H,8-9H2,1-2H3,(H,14,16)(H,15,17)/t10-/m1/s1. The molecule has 1 aromatic rings. The highest BCUT2D eigenvalue weighted by Crippen LogP contribution is 2.00. The van der Waals surface area contributed by atoms with Gasteiger partial charge in [-0.15, -0.1) is 0 Å². The summed E-state index contributed by atoms with van der Waals surface area (Å²) in [5.74, 6) is -0.335. The van der Waals surface area contributed by atoms with Gasteiger partial charge in [-0.25, -0.2) is 4.79 Å². The molecule has 0 saturated carbocycles. The Balaban J connectivity index is 2.29. The van der Waals surface area contributed by atoms with E-state index >= 15 is 0 Å². The van der Waals surface area contributed by atoms with E-state index in [0.717, 1.165) is 5.56 Å². The van der Waals surface area contributed by atoms with E-state index in [1.54, 1.807) is 6.92 Å². The van der Waals surface area contributed by atoms with Crippen molar-refractivity contribution in [2.24, 2.45) is 0 Å². The predicted molar refractivity (Wildman–Crippen MR) is 69.2 cm³/mol. The molecule has 0 unspecified atom stereocenters. The van der Waals surface area contributed by atoms with Gasteiger partial charge in [-0.2, -0.15) is 0 Å². The highest BCUT2D eigenvalue weighted by atomic mass is 16.5. The molecule has 2 amide bonds. The molecule has 6 heteroatoms. The van der Waals surface area contributed by atoms with Gasteiger partial charge in [0.2, 0.25) is 5.91 Å². The monoisotopic (exact) mass is 266 g/mol. The minimum atomic E-state index is -0.682. The fourth-order valence-electron chi connectivity index (χ4n) is 1.30. The highest BCUT2D eigenvalue weighted by Gasteiger charge is 2.15. The van der Waals surface area contributed by atoms with Gasteiger partial charge in [0.25, 0.3) is 0 Å². The zero-order chi connectivity index (χ0) is 14.1. The van der Waals surface area contributed by atoms with Crippen molar-refractivity contribution < 1.29 is 19.1 Å². The lowest BCUT2D eigenvalue weighted by Crippen LogP contribution is -2.45. The molecule has 0 aliphatic rings. The Labute approximate surface area is 112 Å². The van der Waals surface area contributed by atoms with E-state index in [0.29, 0.717) is 0 Å². The summed E-state index contributed by atoms with van der Waals surface area (Å²) in [6.07, 6.45) is -0.635. The SMILES string of the molecule is COCNC(=O)[C@@H](C)NC(=O)OCc1ccccc1. The molecule has 6 nitrogen and oxygen atoms in total. The molecule has 0 aliphatic carbocycles. The fourth-order valence-corrected chi connectivity index (χ4v) is 1.30. The quantitative estimate of drug-likeness (QED) is 0.754. The Bertz CT molecular complexity index is 408. The van der Waals surface area contributed by atoms with Gasteiger partial charge < -0.3 is 20.1 Å². The first-order valence-electron chi connectivity index (χ1n) is 5.87. The maximum atomic E-state index is 11.5. The van der Waals surface area contributed by atoms with Gasteiger partial charge in [0.1, 0.15) is 19.4 Å². The smallest absolute Gasteiger partial charge is 0.408 e. The molecule has 0 saturated heterocycles. The zero-order valence-corrected chi connectivity index (χ0v) is 11.0. The van der Waals surface area contributed by atoms with E-state index in [4.69, 9.17) is 9.47 Å². The number of methoxy groups -OCH3 is 1. The number of hydrogen-bond acceptors (Lipinski definition) is 4. The molecule has 1 atom stereocenters. The molecule has 1 aromatic carbocycles. The summed E-state index contributed by atoms with van der Waals surface area (Å²) >= 11 is 0. The number of carbonyl (C=O) groups is 2. The van der Waals surface area contributed by atoms with Crippen LogP contribution in [-0.4, -0.2) is 31.9 Å². The Morgan fingerprint density at radius 1 is 1.26 bits per heavy atom. The first-order valence-corrected chi connectivity index (χ1v) is 5.87. The summed E-state index contributed by atoms with van der Waals surface area (Å²) in [5.41, 5.74) is 0.883. The Morgan fingerprint density at radius 3 is 2.58 bits per heavy atom. The van der Waals surface area contributed by atoms with Crippen LogP contribution in [0.15, 0.2) is 30.3 Å². The molecule has 104 valence electrons. The van der Waals surface area contributed by atoms with E-state index in [2.05, 4.69) is 10.6 Å². The van der Waals surface area contributed by atoms with Gasteiger partial charge in [0.15, 0.2) is 0 Å². The Morgan fingerprint density at radius 2 is 1.95 bits per heavy atom. The molecule has 2 N–H and O–H groups in total. The van der Waals surface area contributed by atoms with Gasteiger partial charge >= 0.3 is 6.09 Å². The van der Waals surface area contributed by atoms with Crippen molar-refractivity contribution in [3.63, 3.8) is 0 Å². The molecule has 0 heterocycles. The normalized spacial score (nSPS) is 11.5. The van der Waals surface area contributed by atoms with Gasteiger partial charge in [0, 0.05) is 7.11 Å². The van der Waals surface area contributed by atoms with Crippen LogP contribution in [0.1, 0.15) is 12.5 Å². The molecule has 0 fully saturated rings. The topological polar surface area (TPSA) is 76.7 Å². The second-order valence-electron chi connectivity index (χ2n) is 3.90. The van der Waals surface area contributed by atoms with E-state index in [1.807, 2.05) is 30.3 Å². The van der Waals surface area contributed by atoms with Gasteiger partial charge in [-0.3, -0.25) is 4.79 Å². The summed E-state index contributed by atoms with van der Waals surface area (Å²) in [6.45, 7) is 1.83. The number of nitrogens with one attached hydrogen (secondary N) is 2. The van der Waals surface area contributed by atoms with Crippen LogP contribution in [0.3, 0.4) is 0 Å². The average molecular weight is 266 g/mol. The van der Waals surface area contributed by atoms with Crippen LogP contribution >= 0.6 is 0 Å². The lowest BCUT2D eigenvalue weighted by molar-refractivity contribution is -0.124. The van der Waals surface area contributed by atoms with Crippen molar-refractivity contribution in [1.82, 2.24) is 10.6 Å². The molecule has 0 radical (unpaired) electrons. The zero-order valence-electron chi connectivity index (χ0n) is 11.0. The van der Waals surface area contributed by atoms with Crippen LogP contribution in [0.4, 0.5) is 4.79 Å². The Kier molecular flexibility index (Phi) is 6.38. The van der Waals surface area contributed by atoms with Crippen molar-refractivity contribution in [1.29, 1.82) is 0 Å². The third-order valence-electron chi connectivity index (χ3n) is 2.33. The van der Waals surface area contributed by atoms with Crippen LogP contribution in [0, 0.1) is 0 Å². The van der Waals surface area contributed by atoms with Crippen molar-refractivity contribution in [2.45, 2.75) is 19.6 Å². The van der Waals surface area contributed by atoms with E-state index in [-0.39, 0.29) is 19.2 Å². The molecule has 0 aliphatic heterocycles. The molecule has 0 spiro atoms. The van der Waals surface area contributed by atoms with Crippen molar-refractivity contribution >= 4 is 12.0 Å². The van der Waals surface area contributed by atoms with E-state index in [9.17, 15) is 9.59 Å². The molecular weight excluding hydrogens is 248 g/mol. The van der Waals surface area contributed by atoms with Crippen LogP contribution in [-0.2, 0) is 20.9 Å². The molecule has 0 aromatic heterocycles. The average Bonchev–Trinajstić information content (AvgIpc) is 2.43. The van der Waals surface area contributed by atoms with Gasteiger partial charge in [-0.1, -0.05) is 30.3 Å². The van der Waals surface area contributed by atoms with Crippen LogP contribution < -0.4 is 10.6 Å². The second-order valence-corrected chi connectivity index (χ2v) is 3.90. The highest BCUT2D eigenvalue weighted by molar-refractivity contribution is 5.85. The third kappa shape index (κ3) is 5.87. The number of alkyl carbamates (subject to hydrolysis) is 1. The summed E-state index contributed by atoms with van der Waals surface area (Å²) in [5, 5.41) is 4.91. The second kappa shape index (κ2) is 8.10. The maximum absolute atomic E-state index is 11.5. The van der Waals surface area contributed by atoms with Crippen molar-refractivity contribution in [3.8, 4) is 0 Å². The summed E-state index contributed by atoms with van der Waals surface area (Å²) < 4.78 is 9.69. The number of carbonyl (C=O) groups excluding carboxylic acids is 2. The first kappa shape index (κ1) is 15.0. The van der Waals surface area contributed by atoms with Gasteiger partial charge in [-0.05, 0) is 12.5 Å². The number of hydrogen-bond donors (Lipinski definition) is 2. The number of amides is 2. The largest absolute Gasteiger partial charge is 0.445 e. The lowest BCUT2D eigenvalue weighted by atomic mass is 10.2. The number of ether oxygens (including phenoxy) is 2. The van der Waals surface area contributed by atoms with Crippen LogP contribution in [0.5, 0.6) is 0 Å². The summed E-state index contributed by atoms with van der Waals surface area (Å²) in [6, 6.07) is 8.61. The summed E-state index contributed by atoms with van der Waals surface area (Å²) in [7, 11) is 1.46. The molecular formula is C13H18N2O4. The third-order valence-corrected chi connectivity index (χ3v) is 2.33.